The SMILES string of the molecule is CN(C)C(=O)c1ccc(NC(=O)CNC2(c3ccc(Cl)cc3)CCCC2)cc1. The molecule has 148 valence electrons. The van der Waals surface area contributed by atoms with Gasteiger partial charge in [-0.1, -0.05) is 36.6 Å². The van der Waals surface area contributed by atoms with Gasteiger partial charge in [0.25, 0.3) is 5.91 Å². The molecule has 0 saturated heterocycles. The second-order valence-corrected chi connectivity index (χ2v) is 7.91. The molecule has 0 unspecified atom stereocenters. The molecule has 1 aliphatic rings. The van der Waals surface area contributed by atoms with E-state index in [1.807, 2.05) is 24.3 Å². The van der Waals surface area contributed by atoms with Gasteiger partial charge in [0.15, 0.2) is 0 Å². The summed E-state index contributed by atoms with van der Waals surface area (Å²) in [5.74, 6) is -0.169. The molecule has 6 heteroatoms. The largest absolute Gasteiger partial charge is 0.345 e. The molecule has 0 heterocycles. The molecule has 1 fully saturated rings. The predicted molar refractivity (Wildman–Crippen MR) is 113 cm³/mol. The molecule has 2 N–H and O–H groups in total. The number of amides is 2. The average Bonchev–Trinajstić information content (AvgIpc) is 3.17. The summed E-state index contributed by atoms with van der Waals surface area (Å²) in [6.45, 7) is 0.223. The van der Waals surface area contributed by atoms with Crippen LogP contribution >= 0.6 is 11.6 Å². The number of carbonyl (C=O) groups excluding carboxylic acids is 2. The van der Waals surface area contributed by atoms with Gasteiger partial charge in [-0.15, -0.1) is 0 Å². The number of carbonyl (C=O) groups is 2. The molecule has 1 saturated carbocycles. The van der Waals surface area contributed by atoms with E-state index >= 15 is 0 Å². The minimum Gasteiger partial charge on any atom is -0.345 e. The van der Waals surface area contributed by atoms with E-state index in [-0.39, 0.29) is 23.9 Å². The Morgan fingerprint density at radius 2 is 1.61 bits per heavy atom. The van der Waals surface area contributed by atoms with Crippen molar-refractivity contribution in [2.75, 3.05) is 26.0 Å². The molecule has 3 rings (SSSR count). The van der Waals surface area contributed by atoms with Crippen LogP contribution in [0.4, 0.5) is 5.69 Å². The number of rotatable bonds is 6. The molecule has 0 aliphatic heterocycles. The number of hydrogen-bond acceptors (Lipinski definition) is 3. The summed E-state index contributed by atoms with van der Waals surface area (Å²) in [7, 11) is 3.42. The third-order valence-electron chi connectivity index (χ3n) is 5.26. The molecule has 5 nitrogen and oxygen atoms in total. The lowest BCUT2D eigenvalue weighted by Crippen LogP contribution is -2.44. The van der Waals surface area contributed by atoms with Gasteiger partial charge in [0.1, 0.15) is 0 Å². The zero-order valence-electron chi connectivity index (χ0n) is 16.3. The van der Waals surface area contributed by atoms with Gasteiger partial charge < -0.3 is 10.2 Å². The molecule has 28 heavy (non-hydrogen) atoms. The maximum absolute atomic E-state index is 12.5. The van der Waals surface area contributed by atoms with Gasteiger partial charge >= 0.3 is 0 Å². The first kappa shape index (κ1) is 20.4. The van der Waals surface area contributed by atoms with E-state index < -0.39 is 0 Å². The molecular weight excluding hydrogens is 374 g/mol. The topological polar surface area (TPSA) is 61.4 Å². The highest BCUT2D eigenvalue weighted by Gasteiger charge is 2.35. The number of benzene rings is 2. The molecule has 0 aromatic heterocycles. The fraction of sp³-hybridized carbons (Fsp3) is 0.364. The van der Waals surface area contributed by atoms with E-state index in [9.17, 15) is 9.59 Å². The molecule has 0 spiro atoms. The Bertz CT molecular complexity index is 826. The minimum absolute atomic E-state index is 0.0642. The van der Waals surface area contributed by atoms with Crippen LogP contribution in [-0.4, -0.2) is 37.4 Å². The second-order valence-electron chi connectivity index (χ2n) is 7.47. The van der Waals surface area contributed by atoms with Crippen LogP contribution in [0.3, 0.4) is 0 Å². The van der Waals surface area contributed by atoms with Crippen molar-refractivity contribution in [1.82, 2.24) is 10.2 Å². The normalized spacial score (nSPS) is 15.2. The van der Waals surface area contributed by atoms with E-state index in [0.29, 0.717) is 16.3 Å². The highest BCUT2D eigenvalue weighted by Crippen LogP contribution is 2.38. The Labute approximate surface area is 171 Å². The lowest BCUT2D eigenvalue weighted by molar-refractivity contribution is -0.115. The van der Waals surface area contributed by atoms with Crippen molar-refractivity contribution in [1.29, 1.82) is 0 Å². The third kappa shape index (κ3) is 4.72. The summed E-state index contributed by atoms with van der Waals surface area (Å²) in [5, 5.41) is 7.08. The van der Waals surface area contributed by atoms with Gasteiger partial charge in [-0.25, -0.2) is 0 Å². The van der Waals surface area contributed by atoms with Gasteiger partial charge in [0, 0.05) is 35.9 Å². The van der Waals surface area contributed by atoms with Gasteiger partial charge in [-0.3, -0.25) is 14.9 Å². The van der Waals surface area contributed by atoms with Crippen molar-refractivity contribution in [3.63, 3.8) is 0 Å². The standard InChI is InChI=1S/C22H26ClN3O2/c1-26(2)21(28)16-5-11-19(12-6-16)25-20(27)15-24-22(13-3-4-14-22)17-7-9-18(23)10-8-17/h5-12,24H,3-4,13-15H2,1-2H3,(H,25,27). The highest BCUT2D eigenvalue weighted by atomic mass is 35.5. The van der Waals surface area contributed by atoms with Crippen LogP contribution in [0, 0.1) is 0 Å². The summed E-state index contributed by atoms with van der Waals surface area (Å²) in [5.41, 5.74) is 2.26. The number of nitrogens with one attached hydrogen (secondary N) is 2. The van der Waals surface area contributed by atoms with E-state index in [1.165, 1.54) is 10.5 Å². The first-order valence-electron chi connectivity index (χ1n) is 9.52. The van der Waals surface area contributed by atoms with E-state index in [4.69, 9.17) is 11.6 Å². The summed E-state index contributed by atoms with van der Waals surface area (Å²) in [4.78, 5) is 25.9. The monoisotopic (exact) mass is 399 g/mol. The third-order valence-corrected chi connectivity index (χ3v) is 5.52. The number of hydrogen-bond donors (Lipinski definition) is 2. The molecule has 2 aromatic carbocycles. The average molecular weight is 400 g/mol. The van der Waals surface area contributed by atoms with Crippen molar-refractivity contribution < 1.29 is 9.59 Å². The van der Waals surface area contributed by atoms with Crippen LogP contribution < -0.4 is 10.6 Å². The lowest BCUT2D eigenvalue weighted by atomic mass is 9.88. The second kappa shape index (κ2) is 8.76. The maximum atomic E-state index is 12.5. The summed E-state index contributed by atoms with van der Waals surface area (Å²) in [6, 6.07) is 14.8. The van der Waals surface area contributed by atoms with Crippen LogP contribution in [0.1, 0.15) is 41.6 Å². The Morgan fingerprint density at radius 1 is 1.00 bits per heavy atom. The van der Waals surface area contributed by atoms with Gasteiger partial charge in [-0.2, -0.15) is 0 Å². The molecule has 0 bridgehead atoms. The van der Waals surface area contributed by atoms with Crippen LogP contribution in [0.25, 0.3) is 0 Å². The van der Waals surface area contributed by atoms with E-state index in [2.05, 4.69) is 10.6 Å². The lowest BCUT2D eigenvalue weighted by Gasteiger charge is -2.31. The van der Waals surface area contributed by atoms with Crippen LogP contribution in [0.2, 0.25) is 5.02 Å². The molecule has 2 amide bonds. The van der Waals surface area contributed by atoms with Crippen molar-refractivity contribution in [3.8, 4) is 0 Å². The van der Waals surface area contributed by atoms with Crippen LogP contribution in [-0.2, 0) is 10.3 Å². The summed E-state index contributed by atoms with van der Waals surface area (Å²) in [6.07, 6.45) is 4.28. The van der Waals surface area contributed by atoms with Crippen molar-refractivity contribution >= 4 is 29.1 Å². The zero-order valence-corrected chi connectivity index (χ0v) is 17.1. The van der Waals surface area contributed by atoms with Crippen molar-refractivity contribution in [3.05, 3.63) is 64.7 Å². The number of nitrogens with zero attached hydrogens (tertiary/aromatic N) is 1. The van der Waals surface area contributed by atoms with Crippen molar-refractivity contribution in [2.45, 2.75) is 31.2 Å². The Hall–Kier alpha value is -2.37. The Balaban J connectivity index is 1.61. The first-order valence-corrected chi connectivity index (χ1v) is 9.90. The van der Waals surface area contributed by atoms with E-state index in [1.54, 1.807) is 38.4 Å². The van der Waals surface area contributed by atoms with Crippen molar-refractivity contribution in [2.24, 2.45) is 0 Å². The van der Waals surface area contributed by atoms with E-state index in [0.717, 1.165) is 25.7 Å². The van der Waals surface area contributed by atoms with Gasteiger partial charge in [-0.05, 0) is 54.8 Å². The quantitative estimate of drug-likeness (QED) is 0.770. The molecule has 0 radical (unpaired) electrons. The molecule has 2 aromatic rings. The fourth-order valence-electron chi connectivity index (χ4n) is 3.72. The highest BCUT2D eigenvalue weighted by molar-refractivity contribution is 6.30. The number of anilines is 1. The fourth-order valence-corrected chi connectivity index (χ4v) is 3.85. The molecule has 0 atom stereocenters. The Kier molecular flexibility index (Phi) is 6.37. The zero-order chi connectivity index (χ0) is 20.1. The first-order chi connectivity index (χ1) is 13.4. The summed E-state index contributed by atoms with van der Waals surface area (Å²) >= 11 is 6.02. The number of halogens is 1. The maximum Gasteiger partial charge on any atom is 0.253 e. The minimum atomic E-state index is -0.177. The predicted octanol–water partition coefficient (Wildman–Crippen LogP) is 4.04. The molecule has 1 aliphatic carbocycles. The molecular formula is C22H26ClN3O2. The van der Waals surface area contributed by atoms with Crippen LogP contribution in [0.5, 0.6) is 0 Å². The van der Waals surface area contributed by atoms with Gasteiger partial charge in [0.2, 0.25) is 5.91 Å². The van der Waals surface area contributed by atoms with Gasteiger partial charge in [0.05, 0.1) is 6.54 Å². The Morgan fingerprint density at radius 3 is 2.18 bits per heavy atom. The van der Waals surface area contributed by atoms with Crippen LogP contribution in [0.15, 0.2) is 48.5 Å². The smallest absolute Gasteiger partial charge is 0.253 e. The summed E-state index contributed by atoms with van der Waals surface area (Å²) < 4.78 is 0.